The minimum absolute atomic E-state index is 0.00429. The molecular formula is C43H42N4O5S. The van der Waals surface area contributed by atoms with Crippen LogP contribution in [0.1, 0.15) is 38.2 Å². The first-order chi connectivity index (χ1) is 25.5. The Morgan fingerprint density at radius 3 is 1.98 bits per heavy atom. The number of aromatic amines is 1. The molecule has 0 aliphatic carbocycles. The average Bonchev–Trinajstić information content (AvgIpc) is 3.55. The van der Waals surface area contributed by atoms with E-state index in [9.17, 15) is 22.8 Å². The first-order valence-corrected chi connectivity index (χ1v) is 19.0. The van der Waals surface area contributed by atoms with Crippen LogP contribution < -0.4 is 10.0 Å². The van der Waals surface area contributed by atoms with E-state index in [-0.39, 0.29) is 18.7 Å². The van der Waals surface area contributed by atoms with Gasteiger partial charge in [-0.25, -0.2) is 8.42 Å². The van der Waals surface area contributed by atoms with Crippen molar-refractivity contribution >= 4 is 38.6 Å². The molecule has 10 heteroatoms. The number of amides is 3. The van der Waals surface area contributed by atoms with Crippen molar-refractivity contribution in [2.45, 2.75) is 44.5 Å². The topological polar surface area (TPSA) is 128 Å². The van der Waals surface area contributed by atoms with Gasteiger partial charge in [-0.3, -0.25) is 19.1 Å². The number of fused-ring (bicyclic) bond motifs is 1. The number of carbonyl (C=O) groups excluding carboxylic acids is 3. The maximum Gasteiger partial charge on any atom is 0.256 e. The molecule has 5 aromatic carbocycles. The van der Waals surface area contributed by atoms with Crippen LogP contribution in [0.25, 0.3) is 22.0 Å². The summed E-state index contributed by atoms with van der Waals surface area (Å²) < 4.78 is 28.7. The number of hydrogen-bond donors (Lipinski definition) is 3. The molecule has 1 heterocycles. The van der Waals surface area contributed by atoms with Gasteiger partial charge < -0.3 is 15.2 Å². The Hall–Kier alpha value is -6.00. The molecule has 0 bridgehead atoms. The molecule has 0 radical (unpaired) electrons. The van der Waals surface area contributed by atoms with Crippen molar-refractivity contribution < 1.29 is 22.8 Å². The second-order valence-electron chi connectivity index (χ2n) is 13.4. The lowest BCUT2D eigenvalue weighted by molar-refractivity contribution is -0.130. The van der Waals surface area contributed by atoms with E-state index in [2.05, 4.69) is 15.0 Å². The normalized spacial score (nSPS) is 12.5. The van der Waals surface area contributed by atoms with E-state index in [0.717, 1.165) is 38.7 Å². The number of sulfonamides is 1. The van der Waals surface area contributed by atoms with Crippen molar-refractivity contribution in [1.82, 2.24) is 19.9 Å². The number of aromatic nitrogens is 1. The quantitative estimate of drug-likeness (QED) is 0.125. The van der Waals surface area contributed by atoms with E-state index in [0.29, 0.717) is 16.7 Å². The summed E-state index contributed by atoms with van der Waals surface area (Å²) in [4.78, 5) is 46.9. The van der Waals surface area contributed by atoms with Gasteiger partial charge in [0, 0.05) is 42.6 Å². The van der Waals surface area contributed by atoms with Crippen LogP contribution in [0.4, 0.5) is 0 Å². The van der Waals surface area contributed by atoms with Crippen LogP contribution in [-0.2, 0) is 38.2 Å². The Morgan fingerprint density at radius 1 is 0.698 bits per heavy atom. The van der Waals surface area contributed by atoms with Gasteiger partial charge in [0.05, 0.1) is 5.75 Å². The van der Waals surface area contributed by atoms with Gasteiger partial charge in [-0.2, -0.15) is 0 Å². The lowest BCUT2D eigenvalue weighted by atomic mass is 9.98. The van der Waals surface area contributed by atoms with Gasteiger partial charge in [0.2, 0.25) is 15.9 Å². The number of rotatable bonds is 13. The molecular weight excluding hydrogens is 685 g/mol. The van der Waals surface area contributed by atoms with E-state index in [4.69, 9.17) is 0 Å². The predicted molar refractivity (Wildman–Crippen MR) is 209 cm³/mol. The molecule has 0 fully saturated rings. The summed E-state index contributed by atoms with van der Waals surface area (Å²) in [5.41, 5.74) is 7.16. The predicted octanol–water partition coefficient (Wildman–Crippen LogP) is 6.51. The maximum absolute atomic E-state index is 14.5. The van der Waals surface area contributed by atoms with Crippen LogP contribution in [0.2, 0.25) is 0 Å². The minimum atomic E-state index is -4.13. The Bertz CT molecular complexity index is 2320. The van der Waals surface area contributed by atoms with E-state index in [1.165, 1.54) is 4.90 Å². The summed E-state index contributed by atoms with van der Waals surface area (Å²) >= 11 is 0. The van der Waals surface area contributed by atoms with Crippen LogP contribution in [-0.4, -0.2) is 55.2 Å². The third kappa shape index (κ3) is 9.27. The van der Waals surface area contributed by atoms with Crippen LogP contribution in [0.15, 0.2) is 134 Å². The third-order valence-corrected chi connectivity index (χ3v) is 10.5. The molecule has 0 unspecified atom stereocenters. The molecule has 1 aromatic heterocycles. The van der Waals surface area contributed by atoms with E-state index >= 15 is 0 Å². The van der Waals surface area contributed by atoms with Crippen molar-refractivity contribution in [2.24, 2.45) is 0 Å². The summed E-state index contributed by atoms with van der Waals surface area (Å²) in [5.74, 6) is -2.25. The second-order valence-corrected chi connectivity index (χ2v) is 15.1. The third-order valence-electron chi connectivity index (χ3n) is 9.24. The zero-order chi connectivity index (χ0) is 37.5. The SMILES string of the molecule is Cc1cc(C)cc(C(=O)N(C)[C@H](Cc2ccc(-c3ccccc3)cc2)C(=O)N[C@@H](Cc2c[nH]c3ccccc23)C(=O)NS(=O)(=O)Cc2ccccc2)c1. The number of hydrogen-bond acceptors (Lipinski definition) is 5. The molecule has 3 N–H and O–H groups in total. The zero-order valence-electron chi connectivity index (χ0n) is 29.9. The monoisotopic (exact) mass is 726 g/mol. The molecule has 6 aromatic rings. The smallest absolute Gasteiger partial charge is 0.256 e. The van der Waals surface area contributed by atoms with Gasteiger partial charge in [0.25, 0.3) is 11.8 Å². The van der Waals surface area contributed by atoms with Crippen LogP contribution in [0.5, 0.6) is 0 Å². The lowest BCUT2D eigenvalue weighted by Gasteiger charge is -2.29. The Balaban J connectivity index is 1.31. The van der Waals surface area contributed by atoms with Gasteiger partial charge in [-0.05, 0) is 59.9 Å². The van der Waals surface area contributed by atoms with Crippen molar-refractivity contribution in [1.29, 1.82) is 0 Å². The standard InChI is InChI=1S/C43H42N4O5S/c1-29-22-30(2)24-35(23-29)43(50)47(3)40(25-31-18-20-34(21-19-31)33-14-8-5-9-15-33)42(49)45-39(26-36-27-44-38-17-11-10-16-37(36)38)41(48)46-53(51,52)28-32-12-6-4-7-13-32/h4-24,27,39-40,44H,25-26,28H2,1-3H3,(H,45,49)(H,46,48)/t39-,40+/m0/s1. The molecule has 0 saturated carbocycles. The highest BCUT2D eigenvalue weighted by Gasteiger charge is 2.33. The number of H-pyrrole nitrogens is 1. The Kier molecular flexibility index (Phi) is 11.2. The Labute approximate surface area is 310 Å². The fourth-order valence-corrected chi connectivity index (χ4v) is 7.74. The van der Waals surface area contributed by atoms with Gasteiger partial charge in [-0.1, -0.05) is 120 Å². The molecule has 6 rings (SSSR count). The van der Waals surface area contributed by atoms with E-state index in [1.54, 1.807) is 55.7 Å². The average molecular weight is 727 g/mol. The van der Waals surface area contributed by atoms with Crippen LogP contribution in [0.3, 0.4) is 0 Å². The molecule has 0 spiro atoms. The van der Waals surface area contributed by atoms with Gasteiger partial charge in [0.1, 0.15) is 12.1 Å². The molecule has 3 amide bonds. The molecule has 0 aliphatic heterocycles. The number of likely N-dealkylation sites (N-methyl/N-ethyl adjacent to an activating group) is 1. The number of aryl methyl sites for hydroxylation is 2. The molecule has 270 valence electrons. The van der Waals surface area contributed by atoms with Crippen molar-refractivity contribution in [3.8, 4) is 11.1 Å². The number of carbonyl (C=O) groups is 3. The summed E-state index contributed by atoms with van der Waals surface area (Å²) in [7, 11) is -2.56. The van der Waals surface area contributed by atoms with Crippen molar-refractivity contribution in [2.75, 3.05) is 7.05 Å². The van der Waals surface area contributed by atoms with Crippen LogP contribution >= 0.6 is 0 Å². The number of para-hydroxylation sites is 1. The molecule has 9 nitrogen and oxygen atoms in total. The van der Waals surface area contributed by atoms with E-state index < -0.39 is 39.7 Å². The van der Waals surface area contributed by atoms with E-state index in [1.807, 2.05) is 98.8 Å². The van der Waals surface area contributed by atoms with Gasteiger partial charge in [0.15, 0.2) is 0 Å². The molecule has 0 saturated heterocycles. The number of nitrogens with zero attached hydrogens (tertiary/aromatic N) is 1. The largest absolute Gasteiger partial charge is 0.361 e. The lowest BCUT2D eigenvalue weighted by Crippen LogP contribution is -2.56. The highest BCUT2D eigenvalue weighted by Crippen LogP contribution is 2.23. The van der Waals surface area contributed by atoms with Crippen LogP contribution in [0, 0.1) is 13.8 Å². The maximum atomic E-state index is 14.5. The molecule has 53 heavy (non-hydrogen) atoms. The zero-order valence-corrected chi connectivity index (χ0v) is 30.7. The summed E-state index contributed by atoms with van der Waals surface area (Å²) in [6.07, 6.45) is 1.88. The highest BCUT2D eigenvalue weighted by atomic mass is 32.2. The number of nitrogens with one attached hydrogen (secondary N) is 3. The summed E-state index contributed by atoms with van der Waals surface area (Å²) in [6, 6.07) is 36.9. The van der Waals surface area contributed by atoms with Gasteiger partial charge in [-0.15, -0.1) is 0 Å². The highest BCUT2D eigenvalue weighted by molar-refractivity contribution is 7.89. The summed E-state index contributed by atoms with van der Waals surface area (Å²) in [6.45, 7) is 3.81. The molecule has 2 atom stereocenters. The minimum Gasteiger partial charge on any atom is -0.361 e. The van der Waals surface area contributed by atoms with Gasteiger partial charge >= 0.3 is 0 Å². The fourth-order valence-electron chi connectivity index (χ4n) is 6.59. The first-order valence-electron chi connectivity index (χ1n) is 17.4. The fraction of sp³-hybridized carbons (Fsp3) is 0.186. The van der Waals surface area contributed by atoms with Crippen molar-refractivity contribution in [3.63, 3.8) is 0 Å². The number of benzene rings is 5. The molecule has 0 aliphatic rings. The Morgan fingerprint density at radius 2 is 1.30 bits per heavy atom. The summed E-state index contributed by atoms with van der Waals surface area (Å²) in [5, 5.41) is 3.69. The first kappa shape index (κ1) is 36.8. The second kappa shape index (κ2) is 16.1. The van der Waals surface area contributed by atoms with Crippen molar-refractivity contribution in [3.05, 3.63) is 167 Å².